The molecule has 0 radical (unpaired) electrons. The number of piperazine rings is 1. The van der Waals surface area contributed by atoms with Crippen LogP contribution in [0.1, 0.15) is 38.0 Å². The van der Waals surface area contributed by atoms with Crippen LogP contribution in [0.25, 0.3) is 11.3 Å². The summed E-state index contributed by atoms with van der Waals surface area (Å²) in [7, 11) is -3.44. The van der Waals surface area contributed by atoms with Gasteiger partial charge in [0.15, 0.2) is 11.7 Å². The van der Waals surface area contributed by atoms with Crippen LogP contribution in [0, 0.1) is 0 Å². The lowest BCUT2D eigenvalue weighted by Crippen LogP contribution is -2.54. The first kappa shape index (κ1) is 23.2. The zero-order chi connectivity index (χ0) is 22.6. The van der Waals surface area contributed by atoms with Gasteiger partial charge in [0.05, 0.1) is 6.20 Å². The van der Waals surface area contributed by atoms with E-state index in [0.717, 1.165) is 31.2 Å². The Morgan fingerprint density at radius 2 is 1.56 bits per heavy atom. The predicted molar refractivity (Wildman–Crippen MR) is 122 cm³/mol. The average molecular weight is 481 g/mol. The van der Waals surface area contributed by atoms with E-state index in [4.69, 9.17) is 16.0 Å². The van der Waals surface area contributed by atoms with Gasteiger partial charge >= 0.3 is 0 Å². The van der Waals surface area contributed by atoms with E-state index in [1.165, 1.54) is 4.31 Å². The SMILES string of the molecule is O=C(CCc1ncc(-c2ccc(Cl)cc2)o1)N1CCN(S(=O)(=O)N2CCCCCC2)CC1. The maximum atomic E-state index is 12.9. The van der Waals surface area contributed by atoms with Crippen molar-refractivity contribution < 1.29 is 17.6 Å². The summed E-state index contributed by atoms with van der Waals surface area (Å²) in [5.41, 5.74) is 0.876. The summed E-state index contributed by atoms with van der Waals surface area (Å²) in [6.45, 7) is 2.68. The van der Waals surface area contributed by atoms with E-state index in [1.54, 1.807) is 27.5 Å². The van der Waals surface area contributed by atoms with Gasteiger partial charge in [-0.25, -0.2) is 4.98 Å². The van der Waals surface area contributed by atoms with Crippen molar-refractivity contribution in [3.05, 3.63) is 41.4 Å². The Hall–Kier alpha value is -1.94. The molecule has 0 saturated carbocycles. The number of benzene rings is 1. The third kappa shape index (κ3) is 5.51. The smallest absolute Gasteiger partial charge is 0.282 e. The van der Waals surface area contributed by atoms with Crippen LogP contribution < -0.4 is 0 Å². The second-order valence-electron chi connectivity index (χ2n) is 8.23. The predicted octanol–water partition coefficient (Wildman–Crippen LogP) is 3.19. The molecule has 2 aromatic rings. The number of aromatic nitrogens is 1. The Labute approximate surface area is 194 Å². The quantitative estimate of drug-likeness (QED) is 0.633. The number of amides is 1. The minimum atomic E-state index is -3.44. The first-order valence-corrected chi connectivity index (χ1v) is 12.9. The number of aryl methyl sites for hydroxylation is 1. The molecular formula is C22H29ClN4O4S. The van der Waals surface area contributed by atoms with Crippen LogP contribution in [-0.4, -0.2) is 72.1 Å². The van der Waals surface area contributed by atoms with Crippen LogP contribution in [0.2, 0.25) is 5.02 Å². The standard InChI is InChI=1S/C22H29ClN4O4S/c23-19-7-5-18(6-8-19)20-17-24-21(31-20)9-10-22(28)25-13-15-27(16-14-25)32(29,30)26-11-3-1-2-4-12-26/h5-8,17H,1-4,9-16H2. The average Bonchev–Trinajstić information content (AvgIpc) is 3.10. The Kier molecular flexibility index (Phi) is 7.50. The van der Waals surface area contributed by atoms with Crippen LogP contribution in [-0.2, 0) is 21.4 Å². The molecule has 2 saturated heterocycles. The van der Waals surface area contributed by atoms with Crippen LogP contribution in [0.4, 0.5) is 0 Å². The van der Waals surface area contributed by atoms with Gasteiger partial charge in [0.2, 0.25) is 5.91 Å². The molecule has 4 rings (SSSR count). The summed E-state index contributed by atoms with van der Waals surface area (Å²) >= 11 is 5.92. The number of halogens is 1. The summed E-state index contributed by atoms with van der Waals surface area (Å²) in [5, 5.41) is 0.651. The fourth-order valence-corrected chi connectivity index (χ4v) is 5.95. The highest BCUT2D eigenvalue weighted by molar-refractivity contribution is 7.86. The molecule has 2 aliphatic heterocycles. The molecule has 2 aliphatic rings. The summed E-state index contributed by atoms with van der Waals surface area (Å²) in [4.78, 5) is 18.7. The van der Waals surface area contributed by atoms with E-state index in [-0.39, 0.29) is 12.3 Å². The largest absolute Gasteiger partial charge is 0.441 e. The van der Waals surface area contributed by atoms with Crippen molar-refractivity contribution in [1.29, 1.82) is 0 Å². The van der Waals surface area contributed by atoms with Gasteiger partial charge in [0, 0.05) is 62.7 Å². The minimum Gasteiger partial charge on any atom is -0.441 e. The van der Waals surface area contributed by atoms with E-state index < -0.39 is 10.2 Å². The topological polar surface area (TPSA) is 87.0 Å². The van der Waals surface area contributed by atoms with Crippen LogP contribution >= 0.6 is 11.6 Å². The normalized spacial score (nSPS) is 19.1. The molecule has 2 fully saturated rings. The van der Waals surface area contributed by atoms with Gasteiger partial charge in [-0.15, -0.1) is 0 Å². The molecule has 1 aromatic heterocycles. The third-order valence-electron chi connectivity index (χ3n) is 6.04. The second kappa shape index (κ2) is 10.3. The van der Waals surface area contributed by atoms with Gasteiger partial charge in [0.1, 0.15) is 0 Å². The Morgan fingerprint density at radius 1 is 0.938 bits per heavy atom. The van der Waals surface area contributed by atoms with Crippen molar-refractivity contribution in [1.82, 2.24) is 18.5 Å². The van der Waals surface area contributed by atoms with Crippen molar-refractivity contribution in [2.75, 3.05) is 39.3 Å². The lowest BCUT2D eigenvalue weighted by molar-refractivity contribution is -0.132. The first-order valence-electron chi connectivity index (χ1n) is 11.2. The molecule has 174 valence electrons. The molecule has 0 unspecified atom stereocenters. The summed E-state index contributed by atoms with van der Waals surface area (Å²) in [5.74, 6) is 1.13. The van der Waals surface area contributed by atoms with Crippen molar-refractivity contribution in [3.63, 3.8) is 0 Å². The Bertz CT molecular complexity index is 1010. The van der Waals surface area contributed by atoms with Crippen LogP contribution in [0.3, 0.4) is 0 Å². The maximum absolute atomic E-state index is 12.9. The molecule has 32 heavy (non-hydrogen) atoms. The van der Waals surface area contributed by atoms with E-state index in [9.17, 15) is 13.2 Å². The third-order valence-corrected chi connectivity index (χ3v) is 8.33. The fourth-order valence-electron chi connectivity index (χ4n) is 4.15. The summed E-state index contributed by atoms with van der Waals surface area (Å²) in [6, 6.07) is 7.29. The molecule has 10 heteroatoms. The van der Waals surface area contributed by atoms with E-state index in [0.29, 0.717) is 62.4 Å². The van der Waals surface area contributed by atoms with Crippen LogP contribution in [0.5, 0.6) is 0 Å². The molecule has 3 heterocycles. The number of carbonyl (C=O) groups is 1. The van der Waals surface area contributed by atoms with E-state index in [1.807, 2.05) is 12.1 Å². The molecule has 0 atom stereocenters. The highest BCUT2D eigenvalue weighted by atomic mass is 35.5. The first-order chi connectivity index (χ1) is 15.4. The highest BCUT2D eigenvalue weighted by Gasteiger charge is 2.33. The second-order valence-corrected chi connectivity index (χ2v) is 10.6. The Balaban J connectivity index is 1.26. The fraction of sp³-hybridized carbons (Fsp3) is 0.545. The minimum absolute atomic E-state index is 0.0111. The van der Waals surface area contributed by atoms with Gasteiger partial charge < -0.3 is 9.32 Å². The van der Waals surface area contributed by atoms with Crippen molar-refractivity contribution in [2.45, 2.75) is 38.5 Å². The summed E-state index contributed by atoms with van der Waals surface area (Å²) < 4.78 is 34.8. The number of carbonyl (C=O) groups excluding carboxylic acids is 1. The zero-order valence-electron chi connectivity index (χ0n) is 18.1. The van der Waals surface area contributed by atoms with Crippen molar-refractivity contribution >= 4 is 27.7 Å². The van der Waals surface area contributed by atoms with Gasteiger partial charge in [0.25, 0.3) is 10.2 Å². The van der Waals surface area contributed by atoms with Gasteiger partial charge in [-0.3, -0.25) is 4.79 Å². The highest BCUT2D eigenvalue weighted by Crippen LogP contribution is 2.23. The van der Waals surface area contributed by atoms with E-state index in [2.05, 4.69) is 4.98 Å². The summed E-state index contributed by atoms with van der Waals surface area (Å²) in [6.07, 6.45) is 6.32. The molecule has 0 aliphatic carbocycles. The lowest BCUT2D eigenvalue weighted by atomic mass is 10.2. The molecular weight excluding hydrogens is 452 g/mol. The lowest BCUT2D eigenvalue weighted by Gasteiger charge is -2.36. The molecule has 0 N–H and O–H groups in total. The van der Waals surface area contributed by atoms with E-state index >= 15 is 0 Å². The van der Waals surface area contributed by atoms with Crippen molar-refractivity contribution in [3.8, 4) is 11.3 Å². The number of nitrogens with zero attached hydrogens (tertiary/aromatic N) is 4. The molecule has 8 nitrogen and oxygen atoms in total. The Morgan fingerprint density at radius 3 is 2.22 bits per heavy atom. The van der Waals surface area contributed by atoms with Gasteiger partial charge in [-0.05, 0) is 37.1 Å². The monoisotopic (exact) mass is 480 g/mol. The number of hydrogen-bond donors (Lipinski definition) is 0. The molecule has 1 aromatic carbocycles. The number of rotatable bonds is 6. The van der Waals surface area contributed by atoms with Crippen molar-refractivity contribution in [2.24, 2.45) is 0 Å². The van der Waals surface area contributed by atoms with Gasteiger partial charge in [-0.1, -0.05) is 24.4 Å². The zero-order valence-corrected chi connectivity index (χ0v) is 19.7. The van der Waals surface area contributed by atoms with Gasteiger partial charge in [-0.2, -0.15) is 17.0 Å². The molecule has 0 spiro atoms. The maximum Gasteiger partial charge on any atom is 0.282 e. The number of hydrogen-bond acceptors (Lipinski definition) is 5. The molecule has 0 bridgehead atoms. The van der Waals surface area contributed by atoms with Crippen LogP contribution in [0.15, 0.2) is 34.9 Å². The number of oxazole rings is 1. The molecule has 1 amide bonds.